The smallest absolute Gasteiger partial charge is 0.255 e. The van der Waals surface area contributed by atoms with Gasteiger partial charge in [0.25, 0.3) is 5.91 Å². The second-order valence-corrected chi connectivity index (χ2v) is 7.37. The Bertz CT molecular complexity index is 1050. The van der Waals surface area contributed by atoms with Crippen LogP contribution in [0.2, 0.25) is 0 Å². The zero-order valence-electron chi connectivity index (χ0n) is 18.6. The van der Waals surface area contributed by atoms with E-state index in [0.29, 0.717) is 45.4 Å². The van der Waals surface area contributed by atoms with Gasteiger partial charge in [0, 0.05) is 29.1 Å². The number of carbonyl (C=O) groups excluding carboxylic acids is 1. The van der Waals surface area contributed by atoms with Crippen molar-refractivity contribution in [3.63, 3.8) is 0 Å². The van der Waals surface area contributed by atoms with Crippen LogP contribution < -0.4 is 24.8 Å². The maximum absolute atomic E-state index is 12.8. The minimum absolute atomic E-state index is 0.138. The normalized spacial score (nSPS) is 10.5. The van der Waals surface area contributed by atoms with Crippen molar-refractivity contribution in [3.05, 3.63) is 47.5 Å². The zero-order valence-corrected chi connectivity index (χ0v) is 19.4. The number of hydrogen-bond donors (Lipinski definition) is 3. The van der Waals surface area contributed by atoms with Gasteiger partial charge in [-0.05, 0) is 17.7 Å². The highest BCUT2D eigenvalue weighted by atomic mass is 32.2. The minimum Gasteiger partial charge on any atom is -0.493 e. The van der Waals surface area contributed by atoms with Crippen molar-refractivity contribution in [2.45, 2.75) is 10.9 Å². The molecule has 0 aliphatic heterocycles. The predicted molar refractivity (Wildman–Crippen MR) is 123 cm³/mol. The number of hydrogen-bond acceptors (Lipinski definition) is 10. The first kappa shape index (κ1) is 24.2. The van der Waals surface area contributed by atoms with E-state index in [1.165, 1.54) is 40.2 Å². The molecule has 3 aromatic rings. The molecule has 0 bridgehead atoms. The fraction of sp³-hybridized carbons (Fsp3) is 0.286. The van der Waals surface area contributed by atoms with Crippen LogP contribution in [0.5, 0.6) is 17.2 Å². The molecule has 12 heteroatoms. The second-order valence-electron chi connectivity index (χ2n) is 6.43. The lowest BCUT2D eigenvalue weighted by atomic mass is 10.1. The van der Waals surface area contributed by atoms with Gasteiger partial charge in [0.05, 0.1) is 28.4 Å². The highest BCUT2D eigenvalue weighted by Crippen LogP contribution is 2.40. The van der Waals surface area contributed by atoms with Crippen molar-refractivity contribution < 1.29 is 28.8 Å². The number of H-pyrrole nitrogens is 1. The van der Waals surface area contributed by atoms with Crippen LogP contribution in [0.4, 0.5) is 11.6 Å². The van der Waals surface area contributed by atoms with Crippen molar-refractivity contribution in [3.8, 4) is 17.2 Å². The number of aromatic amines is 1. The summed E-state index contributed by atoms with van der Waals surface area (Å²) < 4.78 is 16.0. The van der Waals surface area contributed by atoms with E-state index in [1.807, 2.05) is 18.2 Å². The van der Waals surface area contributed by atoms with E-state index in [0.717, 1.165) is 5.56 Å². The number of methoxy groups -OCH3 is 3. The Morgan fingerprint density at radius 2 is 1.82 bits per heavy atom. The molecule has 176 valence electrons. The Balaban J connectivity index is 1.64. The Morgan fingerprint density at radius 1 is 1.06 bits per heavy atom. The van der Waals surface area contributed by atoms with E-state index in [4.69, 9.17) is 19.1 Å². The van der Waals surface area contributed by atoms with Crippen LogP contribution in [0, 0.1) is 0 Å². The third-order valence-electron chi connectivity index (χ3n) is 4.36. The van der Waals surface area contributed by atoms with E-state index >= 15 is 0 Å². The van der Waals surface area contributed by atoms with Gasteiger partial charge in [-0.15, -0.1) is 5.10 Å². The van der Waals surface area contributed by atoms with Gasteiger partial charge < -0.3 is 24.8 Å². The number of thioether (sulfide) groups is 1. The molecular weight excluding hydrogens is 450 g/mol. The molecule has 0 saturated heterocycles. The number of rotatable bonds is 12. The molecule has 2 aromatic carbocycles. The second kappa shape index (κ2) is 11.9. The van der Waals surface area contributed by atoms with E-state index < -0.39 is 0 Å². The summed E-state index contributed by atoms with van der Waals surface area (Å²) in [5, 5.41) is 13.2. The first-order valence-electron chi connectivity index (χ1n) is 9.73. The van der Waals surface area contributed by atoms with Gasteiger partial charge in [-0.25, -0.2) is 14.9 Å². The quantitative estimate of drug-likeness (QED) is 0.118. The van der Waals surface area contributed by atoms with Crippen LogP contribution in [-0.4, -0.2) is 56.3 Å². The lowest BCUT2D eigenvalue weighted by molar-refractivity contribution is -0.266. The molecule has 33 heavy (non-hydrogen) atoms. The number of nitrogens with one attached hydrogen (secondary N) is 3. The number of amides is 1. The fourth-order valence-corrected chi connectivity index (χ4v) is 3.59. The molecule has 1 heterocycles. The summed E-state index contributed by atoms with van der Waals surface area (Å²) in [6.07, 6.45) is 0. The summed E-state index contributed by atoms with van der Waals surface area (Å²) >= 11 is 1.43. The number of aromatic nitrogens is 3. The predicted octanol–water partition coefficient (Wildman–Crippen LogP) is 3.32. The van der Waals surface area contributed by atoms with Crippen LogP contribution in [-0.2, 0) is 15.5 Å². The van der Waals surface area contributed by atoms with Gasteiger partial charge in [-0.1, -0.05) is 23.9 Å². The highest BCUT2D eigenvalue weighted by Gasteiger charge is 2.15. The van der Waals surface area contributed by atoms with Crippen molar-refractivity contribution in [2.24, 2.45) is 0 Å². The topological polar surface area (TPSA) is 129 Å². The maximum atomic E-state index is 12.8. The number of anilines is 2. The summed E-state index contributed by atoms with van der Waals surface area (Å²) in [6.45, 7) is 0.138. The summed E-state index contributed by atoms with van der Waals surface area (Å²) in [7, 11) is 5.98. The van der Waals surface area contributed by atoms with Gasteiger partial charge in [-0.3, -0.25) is 4.79 Å². The molecular formula is C21H25N5O6S. The third kappa shape index (κ3) is 6.51. The van der Waals surface area contributed by atoms with Crippen molar-refractivity contribution >= 4 is 29.3 Å². The monoisotopic (exact) mass is 475 g/mol. The molecule has 1 amide bonds. The first-order valence-corrected chi connectivity index (χ1v) is 10.7. The number of ether oxygens (including phenoxy) is 3. The average Bonchev–Trinajstić information content (AvgIpc) is 3.30. The lowest BCUT2D eigenvalue weighted by Gasteiger charge is -2.14. The molecule has 0 radical (unpaired) electrons. The molecule has 0 atom stereocenters. The Hall–Kier alpha value is -3.48. The number of benzene rings is 2. The Morgan fingerprint density at radius 3 is 2.48 bits per heavy atom. The molecule has 0 saturated carbocycles. The van der Waals surface area contributed by atoms with Crippen LogP contribution in [0.25, 0.3) is 0 Å². The molecule has 3 N–H and O–H groups in total. The average molecular weight is 476 g/mol. The van der Waals surface area contributed by atoms with Crippen LogP contribution in [0.15, 0.2) is 41.6 Å². The molecule has 0 aliphatic carbocycles. The highest BCUT2D eigenvalue weighted by molar-refractivity contribution is 7.98. The van der Waals surface area contributed by atoms with Gasteiger partial charge in [0.2, 0.25) is 16.9 Å². The van der Waals surface area contributed by atoms with Gasteiger partial charge in [0.15, 0.2) is 18.2 Å². The largest absolute Gasteiger partial charge is 0.493 e. The van der Waals surface area contributed by atoms with Gasteiger partial charge in [-0.2, -0.15) is 4.98 Å². The van der Waals surface area contributed by atoms with Crippen LogP contribution >= 0.6 is 11.8 Å². The molecule has 0 unspecified atom stereocenters. The van der Waals surface area contributed by atoms with Gasteiger partial charge >= 0.3 is 0 Å². The molecule has 1 aromatic heterocycles. The van der Waals surface area contributed by atoms with Crippen molar-refractivity contribution in [1.29, 1.82) is 0 Å². The third-order valence-corrected chi connectivity index (χ3v) is 5.28. The zero-order chi connectivity index (χ0) is 23.6. The van der Waals surface area contributed by atoms with Crippen LogP contribution in [0.1, 0.15) is 15.9 Å². The van der Waals surface area contributed by atoms with Gasteiger partial charge in [0.1, 0.15) is 0 Å². The summed E-state index contributed by atoms with van der Waals surface area (Å²) in [5.74, 6) is 2.13. The lowest BCUT2D eigenvalue weighted by Crippen LogP contribution is -2.12. The Labute approximate surface area is 195 Å². The van der Waals surface area contributed by atoms with Crippen LogP contribution in [0.3, 0.4) is 0 Å². The van der Waals surface area contributed by atoms with Crippen molar-refractivity contribution in [2.75, 3.05) is 45.8 Å². The summed E-state index contributed by atoms with van der Waals surface area (Å²) in [6, 6.07) is 10.7. The molecule has 0 spiro atoms. The molecule has 0 aliphatic rings. The van der Waals surface area contributed by atoms with E-state index in [9.17, 15) is 4.79 Å². The number of nitrogens with zero attached hydrogens (tertiary/aromatic N) is 2. The van der Waals surface area contributed by atoms with E-state index in [1.54, 1.807) is 18.2 Å². The van der Waals surface area contributed by atoms with Crippen molar-refractivity contribution in [1.82, 2.24) is 15.2 Å². The first-order chi connectivity index (χ1) is 16.1. The standard InChI is InChI=1S/C21H25N5O6S/c1-28-16-9-15(10-17(29-2)18(16)30-3)23-19(27)14-7-5-6-13(8-14)11-33-21-24-20(25-26-21)22-12-32-31-4/h5-10H,11-12H2,1-4H3,(H,23,27)(H2,22,24,25,26). The fourth-order valence-electron chi connectivity index (χ4n) is 2.85. The molecule has 11 nitrogen and oxygen atoms in total. The number of carbonyl (C=O) groups is 1. The summed E-state index contributed by atoms with van der Waals surface area (Å²) in [5.41, 5.74) is 1.97. The van der Waals surface area contributed by atoms with E-state index in [2.05, 4.69) is 30.7 Å². The van der Waals surface area contributed by atoms with E-state index in [-0.39, 0.29) is 12.6 Å². The SMILES string of the molecule is COOCNc1nc(SCc2cccc(C(=O)Nc3cc(OC)c(OC)c(OC)c3)c2)n[nH]1. The summed E-state index contributed by atoms with van der Waals surface area (Å²) in [4.78, 5) is 26.3. The molecule has 3 rings (SSSR count). The maximum Gasteiger partial charge on any atom is 0.255 e. The molecule has 0 fully saturated rings. The Kier molecular flexibility index (Phi) is 8.75. The minimum atomic E-state index is -0.265.